The van der Waals surface area contributed by atoms with Crippen LogP contribution in [0.5, 0.6) is 0 Å². The maximum atomic E-state index is 10.9. The molecule has 5 nitrogen and oxygen atoms in total. The van der Waals surface area contributed by atoms with Gasteiger partial charge in [-0.2, -0.15) is 0 Å². The van der Waals surface area contributed by atoms with Crippen molar-refractivity contribution in [2.75, 3.05) is 18.0 Å². The van der Waals surface area contributed by atoms with Crippen LogP contribution in [0.3, 0.4) is 0 Å². The SMILES string of the molecule is CC(C(=O)O)C1CN(c2ncnc3ccsc23)C1. The summed E-state index contributed by atoms with van der Waals surface area (Å²) in [6.45, 7) is 3.29. The summed E-state index contributed by atoms with van der Waals surface area (Å²) in [6, 6.07) is 1.97. The summed E-state index contributed by atoms with van der Waals surface area (Å²) < 4.78 is 1.08. The molecule has 3 rings (SSSR count). The molecule has 6 heteroatoms. The fraction of sp³-hybridized carbons (Fsp3) is 0.417. The molecule has 0 aromatic carbocycles. The maximum absolute atomic E-state index is 10.9. The molecule has 2 aromatic heterocycles. The molecule has 94 valence electrons. The fourth-order valence-electron chi connectivity index (χ4n) is 2.20. The third kappa shape index (κ3) is 1.73. The summed E-state index contributed by atoms with van der Waals surface area (Å²) in [5, 5.41) is 11.0. The number of aliphatic carboxylic acids is 1. The molecule has 1 aliphatic heterocycles. The first-order valence-corrected chi connectivity index (χ1v) is 6.70. The van der Waals surface area contributed by atoms with Gasteiger partial charge in [0.05, 0.1) is 16.1 Å². The molecule has 1 saturated heterocycles. The van der Waals surface area contributed by atoms with Crippen LogP contribution in [0.4, 0.5) is 5.82 Å². The first-order chi connectivity index (χ1) is 8.66. The molecule has 1 aliphatic rings. The Hall–Kier alpha value is -1.69. The largest absolute Gasteiger partial charge is 0.481 e. The minimum atomic E-state index is -0.719. The highest BCUT2D eigenvalue weighted by Gasteiger charge is 2.36. The Morgan fingerprint density at radius 3 is 3.06 bits per heavy atom. The van der Waals surface area contributed by atoms with Crippen molar-refractivity contribution in [3.63, 3.8) is 0 Å². The summed E-state index contributed by atoms with van der Waals surface area (Å²) in [5.74, 6) is 0.141. The van der Waals surface area contributed by atoms with Gasteiger partial charge in [0.2, 0.25) is 0 Å². The quantitative estimate of drug-likeness (QED) is 0.915. The zero-order valence-electron chi connectivity index (χ0n) is 9.91. The van der Waals surface area contributed by atoms with Crippen molar-refractivity contribution in [2.45, 2.75) is 6.92 Å². The third-order valence-electron chi connectivity index (χ3n) is 3.53. The number of carboxylic acids is 1. The molecule has 3 heterocycles. The van der Waals surface area contributed by atoms with Gasteiger partial charge in [-0.3, -0.25) is 4.79 Å². The number of carboxylic acid groups (broad SMARTS) is 1. The number of aromatic nitrogens is 2. The average molecular weight is 263 g/mol. The van der Waals surface area contributed by atoms with E-state index in [1.807, 2.05) is 11.4 Å². The van der Waals surface area contributed by atoms with Gasteiger partial charge in [0, 0.05) is 19.0 Å². The summed E-state index contributed by atoms with van der Waals surface area (Å²) in [5.41, 5.74) is 0.958. The van der Waals surface area contributed by atoms with Gasteiger partial charge in [-0.25, -0.2) is 9.97 Å². The van der Waals surface area contributed by atoms with Gasteiger partial charge in [-0.15, -0.1) is 11.3 Å². The Morgan fingerprint density at radius 2 is 2.33 bits per heavy atom. The Kier molecular flexibility index (Phi) is 2.66. The molecule has 0 bridgehead atoms. The lowest BCUT2D eigenvalue weighted by molar-refractivity contribution is -0.143. The third-order valence-corrected chi connectivity index (χ3v) is 4.43. The van der Waals surface area contributed by atoms with E-state index in [0.29, 0.717) is 0 Å². The second kappa shape index (κ2) is 4.20. The number of anilines is 1. The van der Waals surface area contributed by atoms with Gasteiger partial charge in [-0.1, -0.05) is 6.92 Å². The van der Waals surface area contributed by atoms with Crippen molar-refractivity contribution in [1.82, 2.24) is 9.97 Å². The Morgan fingerprint density at radius 1 is 1.56 bits per heavy atom. The van der Waals surface area contributed by atoms with Crippen LogP contribution in [0.25, 0.3) is 10.2 Å². The minimum Gasteiger partial charge on any atom is -0.481 e. The zero-order chi connectivity index (χ0) is 12.7. The van der Waals surface area contributed by atoms with Crippen LogP contribution in [0, 0.1) is 11.8 Å². The lowest BCUT2D eigenvalue weighted by Gasteiger charge is -2.42. The standard InChI is InChI=1S/C12H13N3O2S/c1-7(12(16)17)8-4-15(5-8)11-10-9(2-3-18-10)13-6-14-11/h2-3,6-8H,4-5H2,1H3,(H,16,17). The van der Waals surface area contributed by atoms with Gasteiger partial charge < -0.3 is 10.0 Å². The van der Waals surface area contributed by atoms with Crippen molar-refractivity contribution >= 4 is 33.3 Å². The lowest BCUT2D eigenvalue weighted by Crippen LogP contribution is -2.51. The van der Waals surface area contributed by atoms with E-state index >= 15 is 0 Å². The molecule has 18 heavy (non-hydrogen) atoms. The lowest BCUT2D eigenvalue weighted by atomic mass is 9.87. The molecular formula is C12H13N3O2S. The van der Waals surface area contributed by atoms with Gasteiger partial charge in [0.25, 0.3) is 0 Å². The van der Waals surface area contributed by atoms with E-state index in [2.05, 4.69) is 14.9 Å². The monoisotopic (exact) mass is 263 g/mol. The van der Waals surface area contributed by atoms with E-state index in [1.165, 1.54) is 0 Å². The zero-order valence-corrected chi connectivity index (χ0v) is 10.7. The Labute approximate surface area is 108 Å². The van der Waals surface area contributed by atoms with Crippen LogP contribution < -0.4 is 4.90 Å². The normalized spacial score (nSPS) is 17.7. The van der Waals surface area contributed by atoms with Gasteiger partial charge in [-0.05, 0) is 11.4 Å². The summed E-state index contributed by atoms with van der Waals surface area (Å²) in [6.07, 6.45) is 1.57. The highest BCUT2D eigenvalue weighted by atomic mass is 32.1. The van der Waals surface area contributed by atoms with Crippen molar-refractivity contribution < 1.29 is 9.90 Å². The van der Waals surface area contributed by atoms with Gasteiger partial charge in [0.1, 0.15) is 12.1 Å². The van der Waals surface area contributed by atoms with Crippen LogP contribution in [-0.2, 0) is 4.79 Å². The number of hydrogen-bond donors (Lipinski definition) is 1. The minimum absolute atomic E-state index is 0.215. The fourth-order valence-corrected chi connectivity index (χ4v) is 3.07. The second-order valence-electron chi connectivity index (χ2n) is 4.62. The van der Waals surface area contributed by atoms with Crippen molar-refractivity contribution in [3.05, 3.63) is 17.8 Å². The van der Waals surface area contributed by atoms with Crippen LogP contribution in [0.1, 0.15) is 6.92 Å². The first-order valence-electron chi connectivity index (χ1n) is 5.83. The molecule has 2 aromatic rings. The second-order valence-corrected chi connectivity index (χ2v) is 5.54. The number of thiophene rings is 1. The molecule has 0 amide bonds. The smallest absolute Gasteiger partial charge is 0.306 e. The van der Waals surface area contributed by atoms with Crippen molar-refractivity contribution in [2.24, 2.45) is 11.8 Å². The predicted octanol–water partition coefficient (Wildman–Crippen LogP) is 1.85. The first kappa shape index (κ1) is 11.4. The predicted molar refractivity (Wildman–Crippen MR) is 69.9 cm³/mol. The average Bonchev–Trinajstić information content (AvgIpc) is 2.75. The van der Waals surface area contributed by atoms with Crippen LogP contribution in [0.2, 0.25) is 0 Å². The van der Waals surface area contributed by atoms with E-state index in [-0.39, 0.29) is 11.8 Å². The van der Waals surface area contributed by atoms with Gasteiger partial charge >= 0.3 is 5.97 Å². The number of fused-ring (bicyclic) bond motifs is 1. The van der Waals surface area contributed by atoms with Crippen molar-refractivity contribution in [1.29, 1.82) is 0 Å². The molecule has 0 spiro atoms. The van der Waals surface area contributed by atoms with Gasteiger partial charge in [0.15, 0.2) is 0 Å². The molecule has 1 unspecified atom stereocenters. The molecule has 0 saturated carbocycles. The molecule has 0 aliphatic carbocycles. The number of hydrogen-bond acceptors (Lipinski definition) is 5. The molecule has 1 atom stereocenters. The van der Waals surface area contributed by atoms with E-state index in [9.17, 15) is 4.79 Å². The topological polar surface area (TPSA) is 66.3 Å². The van der Waals surface area contributed by atoms with Crippen LogP contribution in [0.15, 0.2) is 17.8 Å². The molecule has 1 fully saturated rings. The van der Waals surface area contributed by atoms with E-state index in [0.717, 1.165) is 29.1 Å². The highest BCUT2D eigenvalue weighted by Crippen LogP contribution is 2.34. The highest BCUT2D eigenvalue weighted by molar-refractivity contribution is 7.17. The molecule has 0 radical (unpaired) electrons. The number of nitrogens with zero attached hydrogens (tertiary/aromatic N) is 3. The van der Waals surface area contributed by atoms with Crippen LogP contribution in [-0.4, -0.2) is 34.1 Å². The summed E-state index contributed by atoms with van der Waals surface area (Å²) in [4.78, 5) is 21.6. The van der Waals surface area contributed by atoms with E-state index in [4.69, 9.17) is 5.11 Å². The maximum Gasteiger partial charge on any atom is 0.306 e. The molecule has 1 N–H and O–H groups in total. The van der Waals surface area contributed by atoms with E-state index in [1.54, 1.807) is 24.6 Å². The molecular weight excluding hydrogens is 250 g/mol. The summed E-state index contributed by atoms with van der Waals surface area (Å²) in [7, 11) is 0. The van der Waals surface area contributed by atoms with Crippen LogP contribution >= 0.6 is 11.3 Å². The van der Waals surface area contributed by atoms with E-state index < -0.39 is 5.97 Å². The Bertz CT molecular complexity index is 592. The van der Waals surface area contributed by atoms with Crippen molar-refractivity contribution in [3.8, 4) is 0 Å². The summed E-state index contributed by atoms with van der Waals surface area (Å²) >= 11 is 1.62. The Balaban J connectivity index is 1.79. The number of rotatable bonds is 3. The number of carbonyl (C=O) groups is 1.